The molecule has 0 radical (unpaired) electrons. The van der Waals surface area contributed by atoms with Gasteiger partial charge in [0.15, 0.2) is 5.82 Å². The van der Waals surface area contributed by atoms with E-state index < -0.39 is 17.8 Å². The summed E-state index contributed by atoms with van der Waals surface area (Å²) >= 11 is 0. The molecule has 33 heavy (non-hydrogen) atoms. The zero-order valence-electron chi connectivity index (χ0n) is 18.4. The third kappa shape index (κ3) is 5.74. The Bertz CT molecular complexity index is 1110. The van der Waals surface area contributed by atoms with Gasteiger partial charge in [0.25, 0.3) is 5.91 Å². The van der Waals surface area contributed by atoms with Crippen molar-refractivity contribution in [1.82, 2.24) is 20.1 Å². The van der Waals surface area contributed by atoms with Crippen molar-refractivity contribution >= 4 is 28.9 Å². The summed E-state index contributed by atoms with van der Waals surface area (Å²) in [5.41, 5.74) is 1.24. The summed E-state index contributed by atoms with van der Waals surface area (Å²) in [6.45, 7) is 0. The molecule has 0 spiro atoms. The van der Waals surface area contributed by atoms with Gasteiger partial charge >= 0.3 is 0 Å². The highest BCUT2D eigenvalue weighted by Gasteiger charge is 2.28. The number of rotatable bonds is 8. The summed E-state index contributed by atoms with van der Waals surface area (Å²) in [6.07, 6.45) is 11.2. The van der Waals surface area contributed by atoms with E-state index in [1.807, 2.05) is 0 Å². The minimum absolute atomic E-state index is 0.125. The molecule has 4 rings (SSSR count). The largest absolute Gasteiger partial charge is 0.353 e. The second kappa shape index (κ2) is 10.2. The number of nitrogens with one attached hydrogen (secondary N) is 3. The third-order valence-electron chi connectivity index (χ3n) is 5.84. The second-order valence-electron chi connectivity index (χ2n) is 8.33. The normalized spacial score (nSPS) is 14.6. The fourth-order valence-electron chi connectivity index (χ4n) is 4.16. The van der Waals surface area contributed by atoms with Crippen molar-refractivity contribution in [2.75, 3.05) is 10.6 Å². The lowest BCUT2D eigenvalue weighted by Crippen LogP contribution is -2.45. The van der Waals surface area contributed by atoms with Crippen molar-refractivity contribution < 1.29 is 14.0 Å². The average molecular weight is 451 g/mol. The molecule has 1 aromatic carbocycles. The summed E-state index contributed by atoms with van der Waals surface area (Å²) in [5.74, 6) is -1.30. The SMILES string of the molecule is Cn1cc(NC(=O)[C@H](CC2CCCC2)NC(=O)c2cccc(Nc3ccncc3)c2F)cn1. The topological polar surface area (TPSA) is 101 Å². The number of carbonyl (C=O) groups excluding carboxylic acids is 2. The van der Waals surface area contributed by atoms with Gasteiger partial charge in [0.1, 0.15) is 6.04 Å². The Morgan fingerprint density at radius 2 is 1.91 bits per heavy atom. The number of anilines is 3. The molecule has 1 aliphatic rings. The Balaban J connectivity index is 1.50. The van der Waals surface area contributed by atoms with Gasteiger partial charge in [-0.05, 0) is 36.6 Å². The fourth-order valence-corrected chi connectivity index (χ4v) is 4.16. The van der Waals surface area contributed by atoms with E-state index in [1.54, 1.807) is 60.8 Å². The molecule has 0 saturated heterocycles. The first-order chi connectivity index (χ1) is 16.0. The van der Waals surface area contributed by atoms with Crippen LogP contribution in [0.25, 0.3) is 0 Å². The number of amides is 2. The smallest absolute Gasteiger partial charge is 0.254 e. The van der Waals surface area contributed by atoms with E-state index in [2.05, 4.69) is 26.0 Å². The highest BCUT2D eigenvalue weighted by molar-refractivity contribution is 6.01. The lowest BCUT2D eigenvalue weighted by molar-refractivity contribution is -0.118. The van der Waals surface area contributed by atoms with Crippen LogP contribution in [0.4, 0.5) is 21.5 Å². The van der Waals surface area contributed by atoms with Crippen LogP contribution in [0.3, 0.4) is 0 Å². The number of aromatic nitrogens is 3. The zero-order valence-corrected chi connectivity index (χ0v) is 18.4. The highest BCUT2D eigenvalue weighted by atomic mass is 19.1. The van der Waals surface area contributed by atoms with Crippen LogP contribution in [0.15, 0.2) is 55.1 Å². The van der Waals surface area contributed by atoms with Crippen LogP contribution in [0.2, 0.25) is 0 Å². The molecule has 9 heteroatoms. The molecular formula is C24H27FN6O2. The molecule has 8 nitrogen and oxygen atoms in total. The summed E-state index contributed by atoms with van der Waals surface area (Å²) < 4.78 is 16.7. The number of aryl methyl sites for hydroxylation is 1. The first-order valence-electron chi connectivity index (χ1n) is 11.1. The summed E-state index contributed by atoms with van der Waals surface area (Å²) in [5, 5.41) is 12.6. The maximum Gasteiger partial charge on any atom is 0.254 e. The van der Waals surface area contributed by atoms with Crippen LogP contribution >= 0.6 is 0 Å². The molecule has 3 N–H and O–H groups in total. The molecule has 0 bridgehead atoms. The fraction of sp³-hybridized carbons (Fsp3) is 0.333. The van der Waals surface area contributed by atoms with Crippen LogP contribution in [0.5, 0.6) is 0 Å². The van der Waals surface area contributed by atoms with Crippen LogP contribution in [0, 0.1) is 11.7 Å². The Hall–Kier alpha value is -3.75. The van der Waals surface area contributed by atoms with E-state index in [0.29, 0.717) is 23.7 Å². The molecule has 2 heterocycles. The van der Waals surface area contributed by atoms with Gasteiger partial charge in [-0.3, -0.25) is 19.3 Å². The number of hydrogen-bond donors (Lipinski definition) is 3. The van der Waals surface area contributed by atoms with Crippen molar-refractivity contribution in [1.29, 1.82) is 0 Å². The van der Waals surface area contributed by atoms with E-state index >= 15 is 4.39 Å². The molecule has 1 atom stereocenters. The van der Waals surface area contributed by atoms with Gasteiger partial charge in [-0.2, -0.15) is 5.10 Å². The number of pyridine rings is 1. The van der Waals surface area contributed by atoms with Crippen molar-refractivity contribution in [3.63, 3.8) is 0 Å². The number of nitrogens with zero attached hydrogens (tertiary/aromatic N) is 3. The molecule has 1 aliphatic carbocycles. The quantitative estimate of drug-likeness (QED) is 0.481. The first-order valence-corrected chi connectivity index (χ1v) is 11.1. The lowest BCUT2D eigenvalue weighted by Gasteiger charge is -2.21. The predicted molar refractivity (Wildman–Crippen MR) is 124 cm³/mol. The van der Waals surface area contributed by atoms with Gasteiger partial charge < -0.3 is 16.0 Å². The Kier molecular flexibility index (Phi) is 6.97. The minimum Gasteiger partial charge on any atom is -0.353 e. The molecule has 2 aromatic heterocycles. The van der Waals surface area contributed by atoms with Crippen LogP contribution in [-0.4, -0.2) is 32.6 Å². The summed E-state index contributed by atoms with van der Waals surface area (Å²) in [7, 11) is 1.75. The molecule has 0 aliphatic heterocycles. The maximum atomic E-state index is 15.2. The summed E-state index contributed by atoms with van der Waals surface area (Å²) in [4.78, 5) is 30.0. The highest BCUT2D eigenvalue weighted by Crippen LogP contribution is 2.29. The third-order valence-corrected chi connectivity index (χ3v) is 5.84. The van der Waals surface area contributed by atoms with Gasteiger partial charge in [-0.1, -0.05) is 31.7 Å². The number of carbonyl (C=O) groups is 2. The monoisotopic (exact) mass is 450 g/mol. The van der Waals surface area contributed by atoms with Crippen LogP contribution in [0.1, 0.15) is 42.5 Å². The Morgan fingerprint density at radius 1 is 1.15 bits per heavy atom. The second-order valence-corrected chi connectivity index (χ2v) is 8.33. The van der Waals surface area contributed by atoms with Gasteiger partial charge in [-0.15, -0.1) is 0 Å². The average Bonchev–Trinajstić information content (AvgIpc) is 3.47. The van der Waals surface area contributed by atoms with Crippen molar-refractivity contribution in [3.8, 4) is 0 Å². The van der Waals surface area contributed by atoms with Crippen LogP contribution in [-0.2, 0) is 11.8 Å². The van der Waals surface area contributed by atoms with Gasteiger partial charge in [0.2, 0.25) is 5.91 Å². The zero-order chi connectivity index (χ0) is 23.2. The van der Waals surface area contributed by atoms with E-state index in [-0.39, 0.29) is 17.2 Å². The lowest BCUT2D eigenvalue weighted by atomic mass is 9.97. The number of halogens is 1. The molecule has 2 amide bonds. The van der Waals surface area contributed by atoms with Crippen LogP contribution < -0.4 is 16.0 Å². The minimum atomic E-state index is -0.781. The molecule has 3 aromatic rings. The van der Waals surface area contributed by atoms with E-state index in [9.17, 15) is 9.59 Å². The van der Waals surface area contributed by atoms with E-state index in [0.717, 1.165) is 25.7 Å². The van der Waals surface area contributed by atoms with Crippen molar-refractivity contribution in [2.24, 2.45) is 13.0 Å². The maximum absolute atomic E-state index is 15.2. The van der Waals surface area contributed by atoms with Crippen molar-refractivity contribution in [2.45, 2.75) is 38.1 Å². The van der Waals surface area contributed by atoms with E-state index in [4.69, 9.17) is 0 Å². The Morgan fingerprint density at radius 3 is 2.61 bits per heavy atom. The molecule has 172 valence electrons. The van der Waals surface area contributed by atoms with Gasteiger partial charge in [-0.25, -0.2) is 4.39 Å². The first kappa shape index (κ1) is 22.4. The molecule has 0 unspecified atom stereocenters. The van der Waals surface area contributed by atoms with Crippen molar-refractivity contribution in [3.05, 3.63) is 66.5 Å². The standard InChI is InChI=1S/C24H27FN6O2/c1-31-15-18(14-27-31)29-24(33)21(13-16-5-2-3-6-16)30-23(32)19-7-4-8-20(22(19)25)28-17-9-11-26-12-10-17/h4,7-12,14-16,21H,2-3,5-6,13H2,1H3,(H,26,28)(H,29,33)(H,30,32)/t21-/m0/s1. The molecule has 1 fully saturated rings. The van der Waals surface area contributed by atoms with Gasteiger partial charge in [0.05, 0.1) is 23.1 Å². The van der Waals surface area contributed by atoms with E-state index in [1.165, 1.54) is 6.07 Å². The number of hydrogen-bond acceptors (Lipinski definition) is 5. The predicted octanol–water partition coefficient (Wildman–Crippen LogP) is 4.02. The molecule has 1 saturated carbocycles. The molecular weight excluding hydrogens is 423 g/mol. The van der Waals surface area contributed by atoms with Gasteiger partial charge in [0, 0.05) is 31.3 Å². The number of benzene rings is 1. The Labute approximate surface area is 191 Å². The summed E-state index contributed by atoms with van der Waals surface area (Å²) in [6, 6.07) is 7.19.